The van der Waals surface area contributed by atoms with Gasteiger partial charge in [0.15, 0.2) is 0 Å². The summed E-state index contributed by atoms with van der Waals surface area (Å²) in [5.74, 6) is -0.304. The topological polar surface area (TPSA) is 61.9 Å². The van der Waals surface area contributed by atoms with E-state index in [1.807, 2.05) is 30.3 Å². The quantitative estimate of drug-likeness (QED) is 0.655. The number of halogens is 1. The van der Waals surface area contributed by atoms with Gasteiger partial charge in [0.2, 0.25) is 5.91 Å². The Morgan fingerprint density at radius 3 is 2.49 bits per heavy atom. The predicted molar refractivity (Wildman–Crippen MR) is 137 cm³/mol. The standard InChI is InChI=1S/C27H34FN3O3S/c1-27(2,3)21-9-7-19(8-10-21)25(33)31-23(18-35-26(31)20-5-4-6-22(28)17-20)24(32)29-11-12-30-13-15-34-16-14-30/h4-10,17,23,26H,11-16,18H2,1-3H3,(H,29,32). The van der Waals surface area contributed by atoms with Crippen LogP contribution in [0.15, 0.2) is 48.5 Å². The number of nitrogens with one attached hydrogen (secondary N) is 1. The molecule has 0 radical (unpaired) electrons. The van der Waals surface area contributed by atoms with Crippen LogP contribution < -0.4 is 5.32 Å². The van der Waals surface area contributed by atoms with E-state index in [1.165, 1.54) is 23.9 Å². The molecule has 2 amide bonds. The Kier molecular flexibility index (Phi) is 8.14. The van der Waals surface area contributed by atoms with Crippen LogP contribution in [0.1, 0.15) is 47.6 Å². The van der Waals surface area contributed by atoms with Gasteiger partial charge in [0, 0.05) is 37.5 Å². The molecule has 4 rings (SSSR count). The van der Waals surface area contributed by atoms with E-state index in [0.29, 0.717) is 36.6 Å². The number of ether oxygens (including phenoxy) is 1. The van der Waals surface area contributed by atoms with Crippen molar-refractivity contribution in [3.05, 3.63) is 71.0 Å². The van der Waals surface area contributed by atoms with E-state index in [9.17, 15) is 14.0 Å². The van der Waals surface area contributed by atoms with Crippen molar-refractivity contribution < 1.29 is 18.7 Å². The summed E-state index contributed by atoms with van der Waals surface area (Å²) in [6.45, 7) is 10.7. The van der Waals surface area contributed by atoms with Crippen molar-refractivity contribution in [2.75, 3.05) is 45.1 Å². The Hall–Kier alpha value is -2.42. The molecule has 8 heteroatoms. The van der Waals surface area contributed by atoms with Crippen LogP contribution in [-0.4, -0.2) is 72.8 Å². The molecule has 2 fully saturated rings. The maximum Gasteiger partial charge on any atom is 0.255 e. The Bertz CT molecular complexity index is 1030. The van der Waals surface area contributed by atoms with Crippen molar-refractivity contribution in [2.24, 2.45) is 0 Å². The molecule has 35 heavy (non-hydrogen) atoms. The van der Waals surface area contributed by atoms with Gasteiger partial charge in [-0.15, -0.1) is 11.8 Å². The SMILES string of the molecule is CC(C)(C)c1ccc(C(=O)N2C(C(=O)NCCN3CCOCC3)CSC2c2cccc(F)c2)cc1. The summed E-state index contributed by atoms with van der Waals surface area (Å²) >= 11 is 1.49. The van der Waals surface area contributed by atoms with E-state index in [2.05, 4.69) is 31.0 Å². The zero-order valence-electron chi connectivity index (χ0n) is 20.6. The van der Waals surface area contributed by atoms with Crippen LogP contribution in [0.3, 0.4) is 0 Å². The van der Waals surface area contributed by atoms with Crippen LogP contribution in [-0.2, 0) is 14.9 Å². The molecule has 6 nitrogen and oxygen atoms in total. The lowest BCUT2D eigenvalue weighted by Gasteiger charge is -2.30. The largest absolute Gasteiger partial charge is 0.379 e. The number of nitrogens with zero attached hydrogens (tertiary/aromatic N) is 2. The molecule has 2 aliphatic heterocycles. The maximum absolute atomic E-state index is 14.0. The van der Waals surface area contributed by atoms with Crippen molar-refractivity contribution in [1.82, 2.24) is 15.1 Å². The zero-order valence-corrected chi connectivity index (χ0v) is 21.4. The van der Waals surface area contributed by atoms with Crippen LogP contribution in [0.5, 0.6) is 0 Å². The second-order valence-corrected chi connectivity index (χ2v) is 11.2. The number of benzene rings is 2. The third kappa shape index (κ3) is 6.23. The van der Waals surface area contributed by atoms with E-state index >= 15 is 0 Å². The van der Waals surface area contributed by atoms with Gasteiger partial charge >= 0.3 is 0 Å². The highest BCUT2D eigenvalue weighted by atomic mass is 32.2. The minimum absolute atomic E-state index is 0.0297. The van der Waals surface area contributed by atoms with E-state index in [0.717, 1.165) is 25.2 Å². The fourth-order valence-electron chi connectivity index (χ4n) is 4.42. The first kappa shape index (κ1) is 25.7. The number of amides is 2. The van der Waals surface area contributed by atoms with Crippen molar-refractivity contribution in [1.29, 1.82) is 0 Å². The fraction of sp³-hybridized carbons (Fsp3) is 0.481. The third-order valence-electron chi connectivity index (χ3n) is 6.50. The van der Waals surface area contributed by atoms with Crippen LogP contribution in [0, 0.1) is 5.82 Å². The molecule has 2 unspecified atom stereocenters. The summed E-state index contributed by atoms with van der Waals surface area (Å²) in [5.41, 5.74) is 2.30. The highest BCUT2D eigenvalue weighted by Crippen LogP contribution is 2.42. The van der Waals surface area contributed by atoms with E-state index in [4.69, 9.17) is 4.74 Å². The Labute approximate surface area is 211 Å². The third-order valence-corrected chi connectivity index (χ3v) is 7.82. The van der Waals surface area contributed by atoms with Gasteiger partial charge < -0.3 is 15.0 Å². The molecule has 0 aromatic heterocycles. The normalized spacial score (nSPS) is 21.2. The van der Waals surface area contributed by atoms with Gasteiger partial charge in [-0.1, -0.05) is 45.0 Å². The van der Waals surface area contributed by atoms with E-state index in [-0.39, 0.29) is 23.0 Å². The smallest absolute Gasteiger partial charge is 0.255 e. The van der Waals surface area contributed by atoms with Crippen molar-refractivity contribution >= 4 is 23.6 Å². The molecular weight excluding hydrogens is 465 g/mol. The minimum Gasteiger partial charge on any atom is -0.379 e. The summed E-state index contributed by atoms with van der Waals surface area (Å²) < 4.78 is 19.4. The second kappa shape index (κ2) is 11.1. The molecule has 2 saturated heterocycles. The maximum atomic E-state index is 14.0. The summed E-state index contributed by atoms with van der Waals surface area (Å²) in [5, 5.41) is 2.58. The monoisotopic (exact) mass is 499 g/mol. The van der Waals surface area contributed by atoms with Gasteiger partial charge in [-0.3, -0.25) is 14.5 Å². The number of hydrogen-bond acceptors (Lipinski definition) is 5. The number of carbonyl (C=O) groups excluding carboxylic acids is 2. The molecule has 0 bridgehead atoms. The van der Waals surface area contributed by atoms with Gasteiger partial charge in [-0.2, -0.15) is 0 Å². The first-order chi connectivity index (χ1) is 16.7. The molecule has 1 N–H and O–H groups in total. The van der Waals surface area contributed by atoms with Gasteiger partial charge in [-0.05, 0) is 40.8 Å². The molecule has 188 valence electrons. The highest BCUT2D eigenvalue weighted by molar-refractivity contribution is 7.99. The Balaban J connectivity index is 1.53. The highest BCUT2D eigenvalue weighted by Gasteiger charge is 2.42. The zero-order chi connectivity index (χ0) is 25.0. The summed E-state index contributed by atoms with van der Waals surface area (Å²) in [6, 6.07) is 13.2. The van der Waals surface area contributed by atoms with Gasteiger partial charge in [0.25, 0.3) is 5.91 Å². The van der Waals surface area contributed by atoms with Crippen LogP contribution in [0.4, 0.5) is 4.39 Å². The Morgan fingerprint density at radius 2 is 1.83 bits per heavy atom. The van der Waals surface area contributed by atoms with E-state index < -0.39 is 11.4 Å². The van der Waals surface area contributed by atoms with Gasteiger partial charge in [0.05, 0.1) is 13.2 Å². The number of rotatable bonds is 6. The lowest BCUT2D eigenvalue weighted by Crippen LogP contribution is -2.49. The molecule has 0 spiro atoms. The molecule has 2 aliphatic rings. The van der Waals surface area contributed by atoms with Gasteiger partial charge in [0.1, 0.15) is 17.2 Å². The summed E-state index contributed by atoms with van der Waals surface area (Å²) in [4.78, 5) is 30.8. The molecular formula is C27H34FN3O3S. The van der Waals surface area contributed by atoms with Crippen molar-refractivity contribution in [3.8, 4) is 0 Å². The van der Waals surface area contributed by atoms with Gasteiger partial charge in [-0.25, -0.2) is 4.39 Å². The molecule has 0 saturated carbocycles. The first-order valence-electron chi connectivity index (χ1n) is 12.1. The van der Waals surface area contributed by atoms with Crippen molar-refractivity contribution in [2.45, 2.75) is 37.6 Å². The molecule has 0 aliphatic carbocycles. The second-order valence-electron chi connectivity index (χ2n) is 10.0. The van der Waals surface area contributed by atoms with E-state index in [1.54, 1.807) is 11.0 Å². The number of carbonyl (C=O) groups is 2. The number of hydrogen-bond donors (Lipinski definition) is 1. The first-order valence-corrected chi connectivity index (χ1v) is 13.2. The number of thioether (sulfide) groups is 1. The Morgan fingerprint density at radius 1 is 1.11 bits per heavy atom. The molecule has 2 atom stereocenters. The lowest BCUT2D eigenvalue weighted by molar-refractivity contribution is -0.124. The summed E-state index contributed by atoms with van der Waals surface area (Å²) in [6.07, 6.45) is 0. The van der Waals surface area contributed by atoms with Crippen molar-refractivity contribution in [3.63, 3.8) is 0 Å². The minimum atomic E-state index is -0.632. The molecule has 2 heterocycles. The van der Waals surface area contributed by atoms with Crippen LogP contribution in [0.2, 0.25) is 0 Å². The summed E-state index contributed by atoms with van der Waals surface area (Å²) in [7, 11) is 0. The lowest BCUT2D eigenvalue weighted by atomic mass is 9.86. The average molecular weight is 500 g/mol. The van der Waals surface area contributed by atoms with Crippen LogP contribution in [0.25, 0.3) is 0 Å². The molecule has 2 aromatic carbocycles. The molecule has 2 aromatic rings. The fourth-order valence-corrected chi connectivity index (χ4v) is 5.83. The average Bonchev–Trinajstić information content (AvgIpc) is 3.29. The number of morpholine rings is 1. The van der Waals surface area contributed by atoms with Crippen LogP contribution >= 0.6 is 11.8 Å². The predicted octanol–water partition coefficient (Wildman–Crippen LogP) is 3.83.